The van der Waals surface area contributed by atoms with Crippen LogP contribution in [0.15, 0.2) is 18.2 Å². The molecule has 2 rings (SSSR count). The van der Waals surface area contributed by atoms with Gasteiger partial charge in [0.1, 0.15) is 5.82 Å². The smallest absolute Gasteiger partial charge is 0.251 e. The topological polar surface area (TPSA) is 41.1 Å². The average Bonchev–Trinajstić information content (AvgIpc) is 2.83. The van der Waals surface area contributed by atoms with Gasteiger partial charge in [-0.15, -0.1) is 0 Å². The Morgan fingerprint density at radius 1 is 1.26 bits per heavy atom. The number of nitrogens with one attached hydrogen (secondary N) is 2. The molecular weight excluding hydrogens is 315 g/mol. The van der Waals surface area contributed by atoms with Gasteiger partial charge >= 0.3 is 0 Å². The maximum Gasteiger partial charge on any atom is 0.251 e. The van der Waals surface area contributed by atoms with Crippen LogP contribution in [0.5, 0.6) is 0 Å². The van der Waals surface area contributed by atoms with Crippen molar-refractivity contribution >= 4 is 17.5 Å². The van der Waals surface area contributed by atoms with E-state index < -0.39 is 5.82 Å². The molecule has 1 aromatic carbocycles. The van der Waals surface area contributed by atoms with Gasteiger partial charge in [-0.1, -0.05) is 32.4 Å². The van der Waals surface area contributed by atoms with Crippen molar-refractivity contribution in [2.45, 2.75) is 58.5 Å². The Kier molecular flexibility index (Phi) is 6.04. The first-order valence-electron chi connectivity index (χ1n) is 8.23. The second-order valence-electron chi connectivity index (χ2n) is 7.60. The van der Waals surface area contributed by atoms with Crippen LogP contribution in [0.4, 0.5) is 4.39 Å². The van der Waals surface area contributed by atoms with Crippen molar-refractivity contribution in [3.05, 3.63) is 34.6 Å². The Hall–Kier alpha value is -1.13. The maximum absolute atomic E-state index is 13.3. The fraction of sp³-hybridized carbons (Fsp3) is 0.611. The predicted octanol–water partition coefficient (Wildman–Crippen LogP) is 4.16. The van der Waals surface area contributed by atoms with Crippen LogP contribution in [0.25, 0.3) is 0 Å². The predicted molar refractivity (Wildman–Crippen MR) is 92.4 cm³/mol. The third-order valence-electron chi connectivity index (χ3n) is 4.20. The molecule has 0 bridgehead atoms. The van der Waals surface area contributed by atoms with Crippen molar-refractivity contribution in [2.75, 3.05) is 6.54 Å². The average molecular weight is 341 g/mol. The first kappa shape index (κ1) is 18.2. The second-order valence-corrected chi connectivity index (χ2v) is 8.04. The van der Waals surface area contributed by atoms with Crippen LogP contribution >= 0.6 is 11.6 Å². The Bertz CT molecular complexity index is 536. The highest BCUT2D eigenvalue weighted by atomic mass is 35.5. The lowest BCUT2D eigenvalue weighted by molar-refractivity contribution is 0.0937. The molecule has 1 saturated carbocycles. The first-order valence-corrected chi connectivity index (χ1v) is 8.61. The molecule has 0 saturated heterocycles. The highest BCUT2D eigenvalue weighted by molar-refractivity contribution is 6.31. The number of benzene rings is 1. The molecule has 0 aromatic heterocycles. The zero-order valence-corrected chi connectivity index (χ0v) is 14.8. The summed E-state index contributed by atoms with van der Waals surface area (Å²) in [5.41, 5.74) is 0.606. The number of carbonyl (C=O) groups is 1. The number of carbonyl (C=O) groups excluding carboxylic acids is 1. The van der Waals surface area contributed by atoms with Gasteiger partial charge in [0.2, 0.25) is 0 Å². The molecule has 0 aliphatic heterocycles. The standard InChI is InChI=1S/C18H26ClFN2O/c1-18(2,3)6-7-21-15-4-5-16(11-15)22-17(23)12-8-13(19)10-14(20)9-12/h8-10,15-16,21H,4-7,11H2,1-3H3,(H,22,23)/t15-,16+/m1/s1. The third kappa shape index (κ3) is 6.11. The van der Waals surface area contributed by atoms with E-state index in [-0.39, 0.29) is 22.5 Å². The minimum atomic E-state index is -0.490. The molecule has 2 atom stereocenters. The summed E-state index contributed by atoms with van der Waals surface area (Å²) in [4.78, 5) is 12.2. The molecule has 1 fully saturated rings. The molecule has 2 N–H and O–H groups in total. The summed E-state index contributed by atoms with van der Waals surface area (Å²) in [6, 6.07) is 4.49. The van der Waals surface area contributed by atoms with E-state index in [1.165, 1.54) is 18.2 Å². The van der Waals surface area contributed by atoms with Crippen LogP contribution < -0.4 is 10.6 Å². The molecule has 128 valence electrons. The van der Waals surface area contributed by atoms with Crippen molar-refractivity contribution in [1.29, 1.82) is 0 Å². The SMILES string of the molecule is CC(C)(C)CCN[C@@H]1CC[C@H](NC(=O)c2cc(F)cc(Cl)c2)C1. The molecule has 1 amide bonds. The highest BCUT2D eigenvalue weighted by Gasteiger charge is 2.26. The summed E-state index contributed by atoms with van der Waals surface area (Å²) in [5.74, 6) is -0.748. The Labute approximate surface area is 143 Å². The van der Waals surface area contributed by atoms with Gasteiger partial charge < -0.3 is 10.6 Å². The molecule has 0 radical (unpaired) electrons. The molecule has 0 heterocycles. The summed E-state index contributed by atoms with van der Waals surface area (Å²) < 4.78 is 13.3. The number of rotatable bonds is 5. The molecule has 1 aliphatic carbocycles. The number of halogens is 2. The molecule has 0 spiro atoms. The molecule has 1 aromatic rings. The van der Waals surface area contributed by atoms with Gasteiger partial charge in [-0.25, -0.2) is 4.39 Å². The zero-order chi connectivity index (χ0) is 17.0. The minimum absolute atomic E-state index is 0.136. The fourth-order valence-corrected chi connectivity index (χ4v) is 3.12. The lowest BCUT2D eigenvalue weighted by atomic mass is 9.92. The maximum atomic E-state index is 13.3. The van der Waals surface area contributed by atoms with Crippen molar-refractivity contribution in [3.8, 4) is 0 Å². The van der Waals surface area contributed by atoms with E-state index in [1.54, 1.807) is 0 Å². The van der Waals surface area contributed by atoms with E-state index >= 15 is 0 Å². The highest BCUT2D eigenvalue weighted by Crippen LogP contribution is 2.22. The minimum Gasteiger partial charge on any atom is -0.349 e. The van der Waals surface area contributed by atoms with Crippen molar-refractivity contribution in [3.63, 3.8) is 0 Å². The van der Waals surface area contributed by atoms with Gasteiger partial charge in [-0.2, -0.15) is 0 Å². The molecule has 23 heavy (non-hydrogen) atoms. The zero-order valence-electron chi connectivity index (χ0n) is 14.1. The summed E-state index contributed by atoms with van der Waals surface area (Å²) in [7, 11) is 0. The largest absolute Gasteiger partial charge is 0.349 e. The quantitative estimate of drug-likeness (QED) is 0.845. The Morgan fingerprint density at radius 3 is 2.61 bits per heavy atom. The molecule has 0 unspecified atom stereocenters. The Balaban J connectivity index is 1.80. The third-order valence-corrected chi connectivity index (χ3v) is 4.42. The summed E-state index contributed by atoms with van der Waals surface area (Å²) >= 11 is 5.80. The van der Waals surface area contributed by atoms with Gasteiger partial charge in [0.15, 0.2) is 0 Å². The van der Waals surface area contributed by atoms with Gasteiger partial charge in [0, 0.05) is 22.7 Å². The monoisotopic (exact) mass is 340 g/mol. The lowest BCUT2D eigenvalue weighted by Gasteiger charge is -2.20. The Morgan fingerprint density at radius 2 is 1.96 bits per heavy atom. The summed E-state index contributed by atoms with van der Waals surface area (Å²) in [6.07, 6.45) is 4.04. The van der Waals surface area contributed by atoms with Crippen molar-refractivity contribution < 1.29 is 9.18 Å². The van der Waals surface area contributed by atoms with Crippen LogP contribution in [-0.4, -0.2) is 24.5 Å². The molecule has 1 aliphatic rings. The van der Waals surface area contributed by atoms with E-state index in [0.29, 0.717) is 11.5 Å². The van der Waals surface area contributed by atoms with E-state index in [4.69, 9.17) is 11.6 Å². The van der Waals surface area contributed by atoms with Crippen LogP contribution in [0.3, 0.4) is 0 Å². The summed E-state index contributed by atoms with van der Waals surface area (Å²) in [5, 5.41) is 6.79. The van der Waals surface area contributed by atoms with Crippen LogP contribution in [0.1, 0.15) is 56.8 Å². The van der Waals surface area contributed by atoms with Gasteiger partial charge in [0.25, 0.3) is 5.91 Å². The van der Waals surface area contributed by atoms with Gasteiger partial charge in [-0.3, -0.25) is 4.79 Å². The fourth-order valence-electron chi connectivity index (χ4n) is 2.90. The normalized spacial score (nSPS) is 21.4. The number of hydrogen-bond acceptors (Lipinski definition) is 2. The van der Waals surface area contributed by atoms with E-state index in [9.17, 15) is 9.18 Å². The second kappa shape index (κ2) is 7.63. The summed E-state index contributed by atoms with van der Waals surface area (Å²) in [6.45, 7) is 7.69. The number of hydrogen-bond donors (Lipinski definition) is 2. The molecular formula is C18H26ClFN2O. The van der Waals surface area contributed by atoms with Crippen LogP contribution in [-0.2, 0) is 0 Å². The molecule has 3 nitrogen and oxygen atoms in total. The van der Waals surface area contributed by atoms with Crippen molar-refractivity contribution in [1.82, 2.24) is 10.6 Å². The van der Waals surface area contributed by atoms with Crippen molar-refractivity contribution in [2.24, 2.45) is 5.41 Å². The van der Waals surface area contributed by atoms with E-state index in [2.05, 4.69) is 31.4 Å². The number of amides is 1. The molecule has 5 heteroatoms. The van der Waals surface area contributed by atoms with E-state index in [0.717, 1.165) is 32.2 Å². The van der Waals surface area contributed by atoms with Gasteiger partial charge in [-0.05, 0) is 55.8 Å². The lowest BCUT2D eigenvalue weighted by Crippen LogP contribution is -2.35. The van der Waals surface area contributed by atoms with Crippen LogP contribution in [0, 0.1) is 11.2 Å². The van der Waals surface area contributed by atoms with Gasteiger partial charge in [0.05, 0.1) is 0 Å². The van der Waals surface area contributed by atoms with Crippen LogP contribution in [0.2, 0.25) is 5.02 Å². The first-order chi connectivity index (χ1) is 10.7. The van der Waals surface area contributed by atoms with E-state index in [1.807, 2.05) is 0 Å².